The van der Waals surface area contributed by atoms with Crippen LogP contribution in [0.4, 0.5) is 0 Å². The van der Waals surface area contributed by atoms with Crippen molar-refractivity contribution in [3.63, 3.8) is 0 Å². The van der Waals surface area contributed by atoms with Gasteiger partial charge >= 0.3 is 0 Å². The molecule has 0 aromatic carbocycles. The molecule has 39 heavy (non-hydrogen) atoms. The number of allylic oxidation sites excluding steroid dienone is 4. The Balaban J connectivity index is 3.50. The second-order valence-electron chi connectivity index (χ2n) is 11.8. The van der Waals surface area contributed by atoms with Crippen molar-refractivity contribution in [2.75, 3.05) is 0 Å². The molecule has 0 aromatic heterocycles. The number of Topliss-reactive ketones (excluding diaryl/α,β-unsaturated/α-hetero) is 2. The van der Waals surface area contributed by atoms with Crippen molar-refractivity contribution in [3.05, 3.63) is 24.3 Å². The molecule has 0 radical (unpaired) electrons. The maximum Gasteiger partial charge on any atom is 0.214 e. The average molecular weight is 546 g/mol. The van der Waals surface area contributed by atoms with E-state index in [1.165, 1.54) is 109 Å². The van der Waals surface area contributed by atoms with Crippen molar-refractivity contribution < 1.29 is 9.59 Å². The first kappa shape index (κ1) is 37.8. The van der Waals surface area contributed by atoms with E-state index >= 15 is 0 Å². The van der Waals surface area contributed by atoms with Gasteiger partial charge in [-0.1, -0.05) is 160 Å². The summed E-state index contributed by atoms with van der Waals surface area (Å²) >= 11 is 0. The lowest BCUT2D eigenvalue weighted by Gasteiger charge is -2.09. The monoisotopic (exact) mass is 546 g/mol. The van der Waals surface area contributed by atoms with Crippen LogP contribution in [0.3, 0.4) is 0 Å². The quantitative estimate of drug-likeness (QED) is 0.0535. The normalized spacial score (nSPS) is 12.6. The molecule has 0 saturated carbocycles. The third-order valence-electron chi connectivity index (χ3n) is 7.83. The lowest BCUT2D eigenvalue weighted by molar-refractivity contribution is -0.137. The highest BCUT2D eigenvalue weighted by Crippen LogP contribution is 2.14. The number of carbonyl (C=O) groups excluding carboxylic acids is 2. The van der Waals surface area contributed by atoms with Crippen molar-refractivity contribution in [3.8, 4) is 0 Å². The molecule has 0 aliphatic rings. The van der Waals surface area contributed by atoms with Crippen LogP contribution in [-0.4, -0.2) is 17.6 Å². The van der Waals surface area contributed by atoms with Crippen LogP contribution < -0.4 is 5.73 Å². The van der Waals surface area contributed by atoms with E-state index in [1.807, 2.05) is 0 Å². The number of hydrogen-bond acceptors (Lipinski definition) is 3. The van der Waals surface area contributed by atoms with Crippen molar-refractivity contribution in [1.29, 1.82) is 0 Å². The molecule has 228 valence electrons. The summed E-state index contributed by atoms with van der Waals surface area (Å²) in [7, 11) is 0. The molecule has 0 spiro atoms. The van der Waals surface area contributed by atoms with Crippen molar-refractivity contribution >= 4 is 11.6 Å². The van der Waals surface area contributed by atoms with E-state index < -0.39 is 6.04 Å². The van der Waals surface area contributed by atoms with E-state index in [0.29, 0.717) is 12.8 Å². The van der Waals surface area contributed by atoms with Gasteiger partial charge in [-0.05, 0) is 44.9 Å². The second kappa shape index (κ2) is 31.3. The molecule has 1 unspecified atom stereocenters. The fourth-order valence-electron chi connectivity index (χ4n) is 5.12. The lowest BCUT2D eigenvalue weighted by atomic mass is 9.98. The maximum atomic E-state index is 12.3. The van der Waals surface area contributed by atoms with Gasteiger partial charge in [0.1, 0.15) is 0 Å². The van der Waals surface area contributed by atoms with Crippen LogP contribution in [0, 0.1) is 0 Å². The lowest BCUT2D eigenvalue weighted by Crippen LogP contribution is -2.35. The summed E-state index contributed by atoms with van der Waals surface area (Å²) in [4.78, 5) is 24.5. The van der Waals surface area contributed by atoms with Crippen molar-refractivity contribution in [2.45, 2.75) is 193 Å². The minimum atomic E-state index is -0.592. The van der Waals surface area contributed by atoms with Crippen LogP contribution >= 0.6 is 0 Å². The minimum absolute atomic E-state index is 0.255. The Morgan fingerprint density at radius 3 is 1.41 bits per heavy atom. The molecule has 0 fully saturated rings. The maximum absolute atomic E-state index is 12.3. The largest absolute Gasteiger partial charge is 0.321 e. The highest BCUT2D eigenvalue weighted by atomic mass is 16.2. The second-order valence-corrected chi connectivity index (χ2v) is 11.8. The summed E-state index contributed by atoms with van der Waals surface area (Å²) < 4.78 is 0. The van der Waals surface area contributed by atoms with Gasteiger partial charge < -0.3 is 5.73 Å². The van der Waals surface area contributed by atoms with Gasteiger partial charge in [0.2, 0.25) is 5.78 Å². The van der Waals surface area contributed by atoms with Gasteiger partial charge in [-0.15, -0.1) is 0 Å². The summed E-state index contributed by atoms with van der Waals surface area (Å²) in [5.41, 5.74) is 6.04. The minimum Gasteiger partial charge on any atom is -0.321 e. The zero-order valence-electron chi connectivity index (χ0n) is 26.4. The summed E-state index contributed by atoms with van der Waals surface area (Å²) in [6, 6.07) is -0.592. The Kier molecular flexibility index (Phi) is 30.3. The molecular formula is C36H67NO2. The Bertz CT molecular complexity index is 595. The summed E-state index contributed by atoms with van der Waals surface area (Å²) in [6.45, 7) is 4.51. The van der Waals surface area contributed by atoms with Crippen LogP contribution in [0.5, 0.6) is 0 Å². The molecule has 0 heterocycles. The topological polar surface area (TPSA) is 60.2 Å². The number of hydrogen-bond donors (Lipinski definition) is 1. The fraction of sp³-hybridized carbons (Fsp3) is 0.833. The molecule has 0 aliphatic heterocycles. The SMILES string of the molecule is CCCCC/C=C\C/C=C\CCCCCCC(=O)C(=O)C(N)CCCCCCCCCCCCCCCCC. The molecule has 3 nitrogen and oxygen atoms in total. The highest BCUT2D eigenvalue weighted by Gasteiger charge is 2.20. The smallest absolute Gasteiger partial charge is 0.214 e. The van der Waals surface area contributed by atoms with Gasteiger partial charge in [0.15, 0.2) is 5.78 Å². The van der Waals surface area contributed by atoms with Gasteiger partial charge in [0, 0.05) is 6.42 Å². The predicted octanol–water partition coefficient (Wildman–Crippen LogP) is 11.1. The molecule has 0 aliphatic carbocycles. The molecule has 3 heteroatoms. The summed E-state index contributed by atoms with van der Waals surface area (Å²) in [5.74, 6) is -0.597. The van der Waals surface area contributed by atoms with Crippen LogP contribution in [0.1, 0.15) is 187 Å². The fourth-order valence-corrected chi connectivity index (χ4v) is 5.12. The van der Waals surface area contributed by atoms with Crippen LogP contribution in [0.25, 0.3) is 0 Å². The van der Waals surface area contributed by atoms with Crippen molar-refractivity contribution in [2.24, 2.45) is 5.73 Å². The molecule has 0 bridgehead atoms. The Hall–Kier alpha value is -1.22. The molecule has 0 amide bonds. The van der Waals surface area contributed by atoms with Gasteiger partial charge in [0.05, 0.1) is 6.04 Å². The summed E-state index contributed by atoms with van der Waals surface area (Å²) in [6.07, 6.45) is 41.3. The van der Waals surface area contributed by atoms with Gasteiger partial charge in [-0.3, -0.25) is 9.59 Å². The average Bonchev–Trinajstić information content (AvgIpc) is 2.94. The van der Waals surface area contributed by atoms with E-state index in [4.69, 9.17) is 5.73 Å². The Morgan fingerprint density at radius 1 is 0.513 bits per heavy atom. The third-order valence-corrected chi connectivity index (χ3v) is 7.83. The zero-order valence-corrected chi connectivity index (χ0v) is 26.4. The van der Waals surface area contributed by atoms with Gasteiger partial charge in [-0.25, -0.2) is 0 Å². The third kappa shape index (κ3) is 28.1. The Labute approximate surface area is 244 Å². The standard InChI is InChI=1S/C36H67NO2/c1-3-5-7-9-11-13-15-17-19-20-22-24-26-28-30-32-34(37)36(39)35(38)33-31-29-27-25-23-21-18-16-14-12-10-8-6-4-2/h12,14,18,21,34H,3-11,13,15-17,19-20,22-33,37H2,1-2H3/b14-12-,21-18-. The molecular weight excluding hydrogens is 478 g/mol. The first-order valence-corrected chi connectivity index (χ1v) is 17.3. The number of unbranched alkanes of at least 4 members (excludes halogenated alkanes) is 21. The molecule has 0 rings (SSSR count). The highest BCUT2D eigenvalue weighted by molar-refractivity contribution is 6.39. The predicted molar refractivity (Wildman–Crippen MR) is 172 cm³/mol. The van der Waals surface area contributed by atoms with Crippen LogP contribution in [0.2, 0.25) is 0 Å². The molecule has 0 saturated heterocycles. The Morgan fingerprint density at radius 2 is 0.897 bits per heavy atom. The van der Waals surface area contributed by atoms with E-state index in [2.05, 4.69) is 38.2 Å². The van der Waals surface area contributed by atoms with E-state index in [9.17, 15) is 9.59 Å². The van der Waals surface area contributed by atoms with E-state index in [1.54, 1.807) is 0 Å². The van der Waals surface area contributed by atoms with E-state index in [0.717, 1.165) is 51.4 Å². The first-order valence-electron chi connectivity index (χ1n) is 17.3. The zero-order chi connectivity index (χ0) is 28.7. The van der Waals surface area contributed by atoms with Gasteiger partial charge in [-0.2, -0.15) is 0 Å². The summed E-state index contributed by atoms with van der Waals surface area (Å²) in [5, 5.41) is 0. The van der Waals surface area contributed by atoms with Crippen LogP contribution in [0.15, 0.2) is 24.3 Å². The van der Waals surface area contributed by atoms with Gasteiger partial charge in [0.25, 0.3) is 0 Å². The van der Waals surface area contributed by atoms with Crippen molar-refractivity contribution in [1.82, 2.24) is 0 Å². The molecule has 0 aromatic rings. The number of carbonyl (C=O) groups is 2. The first-order chi connectivity index (χ1) is 19.1. The number of ketones is 2. The molecule has 2 N–H and O–H groups in total. The number of nitrogens with two attached hydrogens (primary N) is 1. The van der Waals surface area contributed by atoms with E-state index in [-0.39, 0.29) is 11.6 Å². The van der Waals surface area contributed by atoms with Crippen LogP contribution in [-0.2, 0) is 9.59 Å². The molecule has 1 atom stereocenters. The number of rotatable bonds is 31.